The summed E-state index contributed by atoms with van der Waals surface area (Å²) in [6.45, 7) is 4.31. The second-order valence-electron chi connectivity index (χ2n) is 6.88. The standard InChI is InChI=1S/C25H25NO2S/c1-3-20-26(29(27,28)24-17-14-21(2)15-18-24)25(23-12-8-5-9-13-23)19-16-22-10-6-4-7-11-22/h4-15,17-18,25H,3,20H2,1-2H3. The summed E-state index contributed by atoms with van der Waals surface area (Å²) in [5.74, 6) is 6.38. The summed E-state index contributed by atoms with van der Waals surface area (Å²) in [6, 6.07) is 25.6. The monoisotopic (exact) mass is 403 g/mol. The molecule has 0 spiro atoms. The smallest absolute Gasteiger partial charge is 0.207 e. The van der Waals surface area contributed by atoms with Gasteiger partial charge in [-0.3, -0.25) is 0 Å². The Morgan fingerprint density at radius 1 is 0.862 bits per heavy atom. The maximum absolute atomic E-state index is 13.5. The van der Waals surface area contributed by atoms with Crippen LogP contribution in [-0.2, 0) is 10.0 Å². The van der Waals surface area contributed by atoms with Crippen LogP contribution in [0.15, 0.2) is 89.8 Å². The van der Waals surface area contributed by atoms with Crippen molar-refractivity contribution < 1.29 is 8.42 Å². The van der Waals surface area contributed by atoms with Crippen LogP contribution in [0, 0.1) is 18.8 Å². The van der Waals surface area contributed by atoms with Gasteiger partial charge >= 0.3 is 0 Å². The first-order valence-electron chi connectivity index (χ1n) is 9.72. The molecule has 0 saturated carbocycles. The predicted octanol–water partition coefficient (Wildman–Crippen LogP) is 5.19. The first-order chi connectivity index (χ1) is 14.0. The second-order valence-corrected chi connectivity index (χ2v) is 8.77. The molecular weight excluding hydrogens is 378 g/mol. The van der Waals surface area contributed by atoms with Gasteiger partial charge in [0.2, 0.25) is 10.0 Å². The maximum atomic E-state index is 13.5. The summed E-state index contributed by atoms with van der Waals surface area (Å²) < 4.78 is 28.6. The van der Waals surface area contributed by atoms with Crippen molar-refractivity contribution in [3.05, 3.63) is 102 Å². The zero-order chi connectivity index (χ0) is 20.7. The SMILES string of the molecule is CCCN(C(C#Cc1ccccc1)c1ccccc1)S(=O)(=O)c1ccc(C)cc1. The molecule has 0 radical (unpaired) electrons. The molecule has 1 unspecified atom stereocenters. The van der Waals surface area contributed by atoms with Crippen molar-refractivity contribution in [1.82, 2.24) is 4.31 Å². The summed E-state index contributed by atoms with van der Waals surface area (Å²) in [4.78, 5) is 0.291. The molecule has 0 aliphatic heterocycles. The summed E-state index contributed by atoms with van der Waals surface area (Å²) >= 11 is 0. The molecule has 3 aromatic rings. The fourth-order valence-corrected chi connectivity index (χ4v) is 4.71. The van der Waals surface area contributed by atoms with Crippen molar-refractivity contribution in [3.8, 4) is 11.8 Å². The van der Waals surface area contributed by atoms with E-state index in [2.05, 4.69) is 11.8 Å². The van der Waals surface area contributed by atoms with Gasteiger partial charge in [0.1, 0.15) is 6.04 Å². The van der Waals surface area contributed by atoms with E-state index in [-0.39, 0.29) is 0 Å². The van der Waals surface area contributed by atoms with Crippen molar-refractivity contribution in [2.24, 2.45) is 0 Å². The molecule has 1 atom stereocenters. The third-order valence-corrected chi connectivity index (χ3v) is 6.48. The van der Waals surface area contributed by atoms with Gasteiger partial charge in [0.25, 0.3) is 0 Å². The highest BCUT2D eigenvalue weighted by Gasteiger charge is 2.31. The van der Waals surface area contributed by atoms with Gasteiger partial charge < -0.3 is 0 Å². The molecule has 3 aromatic carbocycles. The van der Waals surface area contributed by atoms with E-state index in [4.69, 9.17) is 0 Å². The topological polar surface area (TPSA) is 37.4 Å². The normalized spacial score (nSPS) is 12.2. The number of aryl methyl sites for hydroxylation is 1. The average Bonchev–Trinajstić information content (AvgIpc) is 2.75. The van der Waals surface area contributed by atoms with Crippen molar-refractivity contribution >= 4 is 10.0 Å². The van der Waals surface area contributed by atoms with Gasteiger partial charge in [-0.25, -0.2) is 8.42 Å². The van der Waals surface area contributed by atoms with Crippen LogP contribution in [0.5, 0.6) is 0 Å². The van der Waals surface area contributed by atoms with Gasteiger partial charge in [-0.1, -0.05) is 85.0 Å². The van der Waals surface area contributed by atoms with Crippen molar-refractivity contribution in [1.29, 1.82) is 0 Å². The van der Waals surface area contributed by atoms with Crippen LogP contribution in [0.1, 0.15) is 36.1 Å². The number of rotatable bonds is 6. The molecular formula is C25H25NO2S. The minimum atomic E-state index is -3.70. The largest absolute Gasteiger partial charge is 0.244 e. The molecule has 148 valence electrons. The van der Waals surface area contributed by atoms with Crippen LogP contribution < -0.4 is 0 Å². The highest BCUT2D eigenvalue weighted by molar-refractivity contribution is 7.89. The zero-order valence-corrected chi connectivity index (χ0v) is 17.6. The van der Waals surface area contributed by atoms with E-state index >= 15 is 0 Å². The minimum Gasteiger partial charge on any atom is -0.207 e. The lowest BCUT2D eigenvalue weighted by Gasteiger charge is -2.28. The van der Waals surface area contributed by atoms with Crippen LogP contribution >= 0.6 is 0 Å². The number of hydrogen-bond donors (Lipinski definition) is 0. The molecule has 0 aliphatic carbocycles. The van der Waals surface area contributed by atoms with E-state index < -0.39 is 16.1 Å². The summed E-state index contributed by atoms with van der Waals surface area (Å²) in [6.07, 6.45) is 0.696. The first kappa shape index (κ1) is 20.9. The Labute approximate surface area is 174 Å². The quantitative estimate of drug-likeness (QED) is 0.531. The third-order valence-electron chi connectivity index (χ3n) is 4.60. The van der Waals surface area contributed by atoms with E-state index in [1.807, 2.05) is 86.6 Å². The van der Waals surface area contributed by atoms with Crippen molar-refractivity contribution in [2.45, 2.75) is 31.2 Å². The molecule has 3 nitrogen and oxygen atoms in total. The first-order valence-corrected chi connectivity index (χ1v) is 11.2. The van der Waals surface area contributed by atoms with Crippen LogP contribution in [-0.4, -0.2) is 19.3 Å². The van der Waals surface area contributed by atoms with E-state index in [1.165, 1.54) is 4.31 Å². The highest BCUT2D eigenvalue weighted by Crippen LogP contribution is 2.28. The fraction of sp³-hybridized carbons (Fsp3) is 0.200. The molecule has 0 aliphatic rings. The van der Waals surface area contributed by atoms with Gasteiger partial charge in [-0.2, -0.15) is 4.31 Å². The Bertz CT molecular complexity index is 1080. The minimum absolute atomic E-state index is 0.291. The molecule has 0 N–H and O–H groups in total. The summed E-state index contributed by atoms with van der Waals surface area (Å²) in [5.41, 5.74) is 2.74. The van der Waals surface area contributed by atoms with Crippen LogP contribution in [0.3, 0.4) is 0 Å². The van der Waals surface area contributed by atoms with Gasteiger partial charge in [0.15, 0.2) is 0 Å². The van der Waals surface area contributed by atoms with Crippen LogP contribution in [0.25, 0.3) is 0 Å². The third kappa shape index (κ3) is 5.14. The van der Waals surface area contributed by atoms with E-state index in [9.17, 15) is 8.42 Å². The lowest BCUT2D eigenvalue weighted by molar-refractivity contribution is 0.375. The maximum Gasteiger partial charge on any atom is 0.244 e. The number of hydrogen-bond acceptors (Lipinski definition) is 2. The van der Waals surface area contributed by atoms with E-state index in [0.717, 1.165) is 16.7 Å². The Kier molecular flexibility index (Phi) is 6.87. The second kappa shape index (κ2) is 9.56. The van der Waals surface area contributed by atoms with E-state index in [1.54, 1.807) is 12.1 Å². The van der Waals surface area contributed by atoms with Crippen LogP contribution in [0.4, 0.5) is 0 Å². The Morgan fingerprint density at radius 3 is 2.03 bits per heavy atom. The molecule has 0 aromatic heterocycles. The molecule has 0 amide bonds. The molecule has 0 bridgehead atoms. The zero-order valence-electron chi connectivity index (χ0n) is 16.7. The van der Waals surface area contributed by atoms with Gasteiger partial charge in [-0.05, 0) is 43.2 Å². The average molecular weight is 404 g/mol. The molecule has 0 heterocycles. The molecule has 0 saturated heterocycles. The van der Waals surface area contributed by atoms with Gasteiger partial charge in [0, 0.05) is 12.1 Å². The molecule has 3 rings (SSSR count). The number of benzene rings is 3. The lowest BCUT2D eigenvalue weighted by Crippen LogP contribution is -2.35. The number of sulfonamides is 1. The van der Waals surface area contributed by atoms with Crippen LogP contribution in [0.2, 0.25) is 0 Å². The van der Waals surface area contributed by atoms with Gasteiger partial charge in [-0.15, -0.1) is 0 Å². The highest BCUT2D eigenvalue weighted by atomic mass is 32.2. The summed E-state index contributed by atoms with van der Waals surface area (Å²) in [7, 11) is -3.70. The summed E-state index contributed by atoms with van der Waals surface area (Å²) in [5, 5.41) is 0. The predicted molar refractivity (Wildman–Crippen MR) is 118 cm³/mol. The van der Waals surface area contributed by atoms with E-state index in [0.29, 0.717) is 17.9 Å². The van der Waals surface area contributed by atoms with Crippen molar-refractivity contribution in [3.63, 3.8) is 0 Å². The lowest BCUT2D eigenvalue weighted by atomic mass is 10.1. The molecule has 4 heteroatoms. The Balaban J connectivity index is 2.09. The molecule has 29 heavy (non-hydrogen) atoms. The fourth-order valence-electron chi connectivity index (χ4n) is 3.08. The van der Waals surface area contributed by atoms with Crippen molar-refractivity contribution in [2.75, 3.05) is 6.54 Å². The Morgan fingerprint density at radius 2 is 1.45 bits per heavy atom. The molecule has 0 fully saturated rings. The Hall–Kier alpha value is -2.87. The number of nitrogens with zero attached hydrogens (tertiary/aromatic N) is 1. The van der Waals surface area contributed by atoms with Gasteiger partial charge in [0.05, 0.1) is 4.90 Å².